The fourth-order valence-corrected chi connectivity index (χ4v) is 2.39. The van der Waals surface area contributed by atoms with Crippen molar-refractivity contribution in [2.45, 2.75) is 26.0 Å². The molecule has 0 bridgehead atoms. The molecule has 0 aliphatic rings. The number of urea groups is 1. The molecule has 0 radical (unpaired) electrons. The number of nitrogens with one attached hydrogen (secondary N) is 1. The van der Waals surface area contributed by atoms with Gasteiger partial charge in [-0.2, -0.15) is 8.78 Å². The Morgan fingerprint density at radius 3 is 2.40 bits per heavy atom. The van der Waals surface area contributed by atoms with Crippen LogP contribution in [0.3, 0.4) is 0 Å². The lowest BCUT2D eigenvalue weighted by Gasteiger charge is -2.18. The van der Waals surface area contributed by atoms with E-state index in [4.69, 9.17) is 0 Å². The molecular formula is C19H22F2N2O2. The van der Waals surface area contributed by atoms with E-state index in [-0.39, 0.29) is 11.8 Å². The minimum atomic E-state index is -2.84. The van der Waals surface area contributed by atoms with Crippen LogP contribution < -0.4 is 10.1 Å². The molecule has 2 aromatic carbocycles. The van der Waals surface area contributed by atoms with Gasteiger partial charge in [-0.25, -0.2) is 4.79 Å². The normalized spacial score (nSPS) is 10.6. The molecule has 0 heterocycles. The van der Waals surface area contributed by atoms with Crippen molar-refractivity contribution in [2.75, 3.05) is 13.6 Å². The van der Waals surface area contributed by atoms with E-state index in [1.165, 1.54) is 17.7 Å². The van der Waals surface area contributed by atoms with E-state index in [1.54, 1.807) is 24.1 Å². The van der Waals surface area contributed by atoms with E-state index in [2.05, 4.69) is 22.2 Å². The fraction of sp³-hybridized carbons (Fsp3) is 0.316. The van der Waals surface area contributed by atoms with E-state index in [1.807, 2.05) is 18.2 Å². The lowest BCUT2D eigenvalue weighted by atomic mass is 10.1. The predicted octanol–water partition coefficient (Wildman–Crippen LogP) is 4.06. The highest BCUT2D eigenvalue weighted by Gasteiger charge is 2.09. The topological polar surface area (TPSA) is 41.6 Å². The smallest absolute Gasteiger partial charge is 0.387 e. The molecule has 0 aliphatic carbocycles. The number of rotatable bonds is 8. The van der Waals surface area contributed by atoms with Gasteiger partial charge in [0.2, 0.25) is 0 Å². The van der Waals surface area contributed by atoms with E-state index >= 15 is 0 Å². The Kier molecular flexibility index (Phi) is 7.19. The lowest BCUT2D eigenvalue weighted by Crippen LogP contribution is -2.37. The number of amides is 2. The minimum absolute atomic E-state index is 0.103. The number of ether oxygens (including phenoxy) is 1. The molecule has 4 nitrogen and oxygen atoms in total. The van der Waals surface area contributed by atoms with Crippen molar-refractivity contribution in [1.82, 2.24) is 10.2 Å². The zero-order valence-corrected chi connectivity index (χ0v) is 14.1. The predicted molar refractivity (Wildman–Crippen MR) is 92.7 cm³/mol. The Balaban J connectivity index is 1.70. The molecule has 25 heavy (non-hydrogen) atoms. The summed E-state index contributed by atoms with van der Waals surface area (Å²) in [7, 11) is 1.69. The zero-order valence-electron chi connectivity index (χ0n) is 14.1. The van der Waals surface area contributed by atoms with E-state index < -0.39 is 6.61 Å². The maximum Gasteiger partial charge on any atom is 0.387 e. The van der Waals surface area contributed by atoms with Gasteiger partial charge < -0.3 is 15.0 Å². The summed E-state index contributed by atoms with van der Waals surface area (Å²) in [5, 5.41) is 2.87. The minimum Gasteiger partial charge on any atom is -0.435 e. The van der Waals surface area contributed by atoms with Crippen molar-refractivity contribution in [3.63, 3.8) is 0 Å². The first-order valence-electron chi connectivity index (χ1n) is 8.11. The van der Waals surface area contributed by atoms with Gasteiger partial charge in [-0.3, -0.25) is 0 Å². The number of alkyl halides is 2. The molecule has 0 aliphatic heterocycles. The van der Waals surface area contributed by atoms with Crippen molar-refractivity contribution in [3.05, 3.63) is 65.7 Å². The first-order valence-corrected chi connectivity index (χ1v) is 8.11. The second-order valence-corrected chi connectivity index (χ2v) is 5.70. The Morgan fingerprint density at radius 1 is 1.08 bits per heavy atom. The Bertz CT molecular complexity index is 648. The van der Waals surface area contributed by atoms with Gasteiger partial charge in [0.05, 0.1) is 0 Å². The summed E-state index contributed by atoms with van der Waals surface area (Å²) in [6.07, 6.45) is 1.78. The third kappa shape index (κ3) is 6.79. The average Bonchev–Trinajstić information content (AvgIpc) is 2.60. The number of halogens is 2. The molecule has 0 spiro atoms. The molecule has 6 heteroatoms. The molecule has 2 aromatic rings. The molecule has 0 atom stereocenters. The largest absolute Gasteiger partial charge is 0.435 e. The van der Waals surface area contributed by atoms with Crippen LogP contribution in [0.5, 0.6) is 5.75 Å². The number of nitrogens with zero attached hydrogens (tertiary/aromatic N) is 1. The fourth-order valence-electron chi connectivity index (χ4n) is 2.39. The second kappa shape index (κ2) is 9.61. The average molecular weight is 348 g/mol. The van der Waals surface area contributed by atoms with Crippen LogP contribution >= 0.6 is 0 Å². The van der Waals surface area contributed by atoms with Crippen molar-refractivity contribution in [2.24, 2.45) is 0 Å². The first-order chi connectivity index (χ1) is 12.0. The van der Waals surface area contributed by atoms with Gasteiger partial charge in [0.1, 0.15) is 5.75 Å². The quantitative estimate of drug-likeness (QED) is 0.731. The van der Waals surface area contributed by atoms with Gasteiger partial charge in [-0.1, -0.05) is 42.5 Å². The standard InChI is InChI=1S/C19H22F2N2O2/c1-23(14-16-9-11-17(12-10-16)25-18(20)21)19(24)22-13-5-8-15-6-3-2-4-7-15/h2-4,6-7,9-12,18H,5,8,13-14H2,1H3,(H,22,24). The van der Waals surface area contributed by atoms with Gasteiger partial charge in [0.15, 0.2) is 0 Å². The third-order valence-corrected chi connectivity index (χ3v) is 3.68. The number of benzene rings is 2. The highest BCUT2D eigenvalue weighted by Crippen LogP contribution is 2.15. The summed E-state index contributed by atoms with van der Waals surface area (Å²) >= 11 is 0. The van der Waals surface area contributed by atoms with Crippen LogP contribution in [0.1, 0.15) is 17.5 Å². The van der Waals surface area contributed by atoms with Gasteiger partial charge in [-0.05, 0) is 36.1 Å². The summed E-state index contributed by atoms with van der Waals surface area (Å²) in [5.41, 5.74) is 2.08. The monoisotopic (exact) mass is 348 g/mol. The molecule has 134 valence electrons. The van der Waals surface area contributed by atoms with Gasteiger partial charge in [-0.15, -0.1) is 0 Å². The molecule has 0 aromatic heterocycles. The maximum atomic E-state index is 12.1. The highest BCUT2D eigenvalue weighted by molar-refractivity contribution is 5.73. The van der Waals surface area contributed by atoms with Crippen molar-refractivity contribution >= 4 is 6.03 Å². The summed E-state index contributed by atoms with van der Waals surface area (Å²) in [5.74, 6) is 0.103. The Hall–Kier alpha value is -2.63. The van der Waals surface area contributed by atoms with Gasteiger partial charge in [0, 0.05) is 20.1 Å². The van der Waals surface area contributed by atoms with E-state index in [0.29, 0.717) is 13.1 Å². The molecule has 2 amide bonds. The van der Waals surface area contributed by atoms with Gasteiger partial charge >= 0.3 is 12.6 Å². The second-order valence-electron chi connectivity index (χ2n) is 5.70. The van der Waals surface area contributed by atoms with E-state index in [9.17, 15) is 13.6 Å². The van der Waals surface area contributed by atoms with Crippen LogP contribution in [-0.2, 0) is 13.0 Å². The van der Waals surface area contributed by atoms with E-state index in [0.717, 1.165) is 18.4 Å². The highest BCUT2D eigenvalue weighted by atomic mass is 19.3. The molecule has 0 saturated heterocycles. The summed E-state index contributed by atoms with van der Waals surface area (Å²) in [6, 6.07) is 16.2. The molecule has 2 rings (SSSR count). The van der Waals surface area contributed by atoms with Crippen molar-refractivity contribution in [1.29, 1.82) is 0 Å². The van der Waals surface area contributed by atoms with Crippen LogP contribution in [0.25, 0.3) is 0 Å². The van der Waals surface area contributed by atoms with Crippen LogP contribution in [0, 0.1) is 0 Å². The van der Waals surface area contributed by atoms with Crippen molar-refractivity contribution < 1.29 is 18.3 Å². The van der Waals surface area contributed by atoms with Crippen LogP contribution in [0.2, 0.25) is 0 Å². The molecule has 0 fully saturated rings. The summed E-state index contributed by atoms with van der Waals surface area (Å²) in [6.45, 7) is -1.85. The number of aryl methyl sites for hydroxylation is 1. The van der Waals surface area contributed by atoms with Crippen LogP contribution in [-0.4, -0.2) is 31.1 Å². The summed E-state index contributed by atoms with van der Waals surface area (Å²) < 4.78 is 28.5. The zero-order chi connectivity index (χ0) is 18.1. The molecule has 0 unspecified atom stereocenters. The number of carbonyl (C=O) groups is 1. The Labute approximate surface area is 146 Å². The molecule has 0 saturated carbocycles. The third-order valence-electron chi connectivity index (χ3n) is 3.68. The van der Waals surface area contributed by atoms with Crippen molar-refractivity contribution in [3.8, 4) is 5.75 Å². The molecule has 1 N–H and O–H groups in total. The summed E-state index contributed by atoms with van der Waals surface area (Å²) in [4.78, 5) is 13.6. The lowest BCUT2D eigenvalue weighted by molar-refractivity contribution is -0.0498. The number of carbonyl (C=O) groups excluding carboxylic acids is 1. The number of hydrogen-bond donors (Lipinski definition) is 1. The van der Waals surface area contributed by atoms with Crippen LogP contribution in [0.4, 0.5) is 13.6 Å². The van der Waals surface area contributed by atoms with Crippen LogP contribution in [0.15, 0.2) is 54.6 Å². The van der Waals surface area contributed by atoms with Gasteiger partial charge in [0.25, 0.3) is 0 Å². The number of hydrogen-bond acceptors (Lipinski definition) is 2. The maximum absolute atomic E-state index is 12.1. The Morgan fingerprint density at radius 2 is 1.76 bits per heavy atom. The first kappa shape index (κ1) is 18.7. The molecular weight excluding hydrogens is 326 g/mol. The SMILES string of the molecule is CN(Cc1ccc(OC(F)F)cc1)C(=O)NCCCc1ccccc1.